The highest BCUT2D eigenvalue weighted by atomic mass is 35.5. The van der Waals surface area contributed by atoms with Gasteiger partial charge in [-0.25, -0.2) is 4.79 Å². The van der Waals surface area contributed by atoms with Gasteiger partial charge < -0.3 is 15.4 Å². The molecule has 0 unspecified atom stereocenters. The molecular weight excluding hydrogens is 374 g/mol. The van der Waals surface area contributed by atoms with E-state index in [9.17, 15) is 19.2 Å². The second kappa shape index (κ2) is 7.19. The van der Waals surface area contributed by atoms with E-state index in [1.165, 1.54) is 6.92 Å². The molecule has 1 aliphatic heterocycles. The summed E-state index contributed by atoms with van der Waals surface area (Å²) >= 11 is 5.78. The van der Waals surface area contributed by atoms with Crippen LogP contribution in [-0.2, 0) is 19.1 Å². The molecule has 0 bridgehead atoms. The van der Waals surface area contributed by atoms with Crippen molar-refractivity contribution in [1.29, 1.82) is 0 Å². The van der Waals surface area contributed by atoms with Crippen molar-refractivity contribution in [2.75, 3.05) is 11.9 Å². The number of urea groups is 1. The number of anilines is 1. The molecule has 9 heteroatoms. The summed E-state index contributed by atoms with van der Waals surface area (Å²) in [4.78, 5) is 49.6. The van der Waals surface area contributed by atoms with Crippen LogP contribution in [-0.4, -0.2) is 46.9 Å². The number of nitrogens with one attached hydrogen (secondary N) is 2. The van der Waals surface area contributed by atoms with Crippen LogP contribution in [0.3, 0.4) is 0 Å². The van der Waals surface area contributed by atoms with Crippen LogP contribution in [0.4, 0.5) is 10.5 Å². The third-order valence-corrected chi connectivity index (χ3v) is 5.02. The van der Waals surface area contributed by atoms with E-state index >= 15 is 0 Å². The molecule has 27 heavy (non-hydrogen) atoms. The zero-order valence-corrected chi connectivity index (χ0v) is 15.7. The Bertz CT molecular complexity index is 793. The number of amides is 4. The Labute approximate surface area is 161 Å². The van der Waals surface area contributed by atoms with E-state index in [1.54, 1.807) is 31.2 Å². The van der Waals surface area contributed by atoms with E-state index in [2.05, 4.69) is 10.6 Å². The van der Waals surface area contributed by atoms with Crippen LogP contribution in [0.2, 0.25) is 5.02 Å². The lowest BCUT2D eigenvalue weighted by atomic mass is 9.96. The Balaban J connectivity index is 1.54. The molecule has 3 rings (SSSR count). The minimum Gasteiger partial charge on any atom is -0.451 e. The molecule has 8 nitrogen and oxygen atoms in total. The van der Waals surface area contributed by atoms with Gasteiger partial charge in [0, 0.05) is 10.7 Å². The Morgan fingerprint density at radius 1 is 1.33 bits per heavy atom. The zero-order chi connectivity index (χ0) is 19.8. The van der Waals surface area contributed by atoms with Crippen LogP contribution in [0.5, 0.6) is 0 Å². The number of benzene rings is 1. The number of esters is 1. The molecular formula is C18H20ClN3O5. The molecule has 1 heterocycles. The highest BCUT2D eigenvalue weighted by Crippen LogP contribution is 2.42. The Kier molecular flexibility index (Phi) is 5.10. The first-order valence-corrected chi connectivity index (χ1v) is 8.98. The molecule has 2 N–H and O–H groups in total. The summed E-state index contributed by atoms with van der Waals surface area (Å²) in [6, 6.07) is 5.83. The summed E-state index contributed by atoms with van der Waals surface area (Å²) in [6.07, 6.45) is 0.634. The van der Waals surface area contributed by atoms with Crippen molar-refractivity contribution in [2.45, 2.75) is 38.3 Å². The van der Waals surface area contributed by atoms with Crippen LogP contribution < -0.4 is 10.6 Å². The molecule has 1 aromatic carbocycles. The fourth-order valence-corrected chi connectivity index (χ4v) is 3.12. The summed E-state index contributed by atoms with van der Waals surface area (Å²) in [6.45, 7) is 2.54. The van der Waals surface area contributed by atoms with Crippen molar-refractivity contribution in [3.05, 3.63) is 29.3 Å². The number of carbonyl (C=O) groups is 4. The topological polar surface area (TPSA) is 105 Å². The van der Waals surface area contributed by atoms with Gasteiger partial charge >= 0.3 is 12.0 Å². The molecule has 0 aromatic heterocycles. The van der Waals surface area contributed by atoms with Crippen LogP contribution in [0.15, 0.2) is 24.3 Å². The minimum atomic E-state index is -1.09. The van der Waals surface area contributed by atoms with Crippen molar-refractivity contribution in [3.8, 4) is 0 Å². The fraction of sp³-hybridized carbons (Fsp3) is 0.444. The number of halogens is 1. The van der Waals surface area contributed by atoms with Gasteiger partial charge in [0.05, 0.1) is 0 Å². The van der Waals surface area contributed by atoms with Gasteiger partial charge in [0.25, 0.3) is 11.8 Å². The number of nitrogens with zero attached hydrogens (tertiary/aromatic N) is 1. The van der Waals surface area contributed by atoms with E-state index in [0.29, 0.717) is 10.7 Å². The monoisotopic (exact) mass is 393 g/mol. The summed E-state index contributed by atoms with van der Waals surface area (Å²) in [5.41, 5.74) is -0.462. The highest BCUT2D eigenvalue weighted by Gasteiger charge is 2.56. The average Bonchev–Trinajstić information content (AvgIpc) is 3.43. The standard InChI is InChI=1S/C18H20ClN3O5/c1-10(15(24)20-13-7-5-12(19)6-8-13)27-14(23)9-22-16(25)18(2,11-3-4-11)21-17(22)26/h5-8,10-11H,3-4,9H2,1-2H3,(H,20,24)(H,21,26)/t10-,18-/m0/s1. The molecule has 1 aromatic rings. The fourth-order valence-electron chi connectivity index (χ4n) is 2.99. The van der Waals surface area contributed by atoms with E-state index < -0.39 is 42.0 Å². The van der Waals surface area contributed by atoms with Crippen molar-refractivity contribution in [3.63, 3.8) is 0 Å². The SMILES string of the molecule is C[C@H](OC(=O)CN1C(=O)N[C@@](C)(C2CC2)C1=O)C(=O)Nc1ccc(Cl)cc1. The Morgan fingerprint density at radius 3 is 2.56 bits per heavy atom. The van der Waals surface area contributed by atoms with Crippen molar-refractivity contribution < 1.29 is 23.9 Å². The predicted octanol–water partition coefficient (Wildman–Crippen LogP) is 1.93. The van der Waals surface area contributed by atoms with Gasteiger partial charge in [0.15, 0.2) is 6.10 Å². The summed E-state index contributed by atoms with van der Waals surface area (Å²) in [7, 11) is 0. The zero-order valence-electron chi connectivity index (χ0n) is 15.0. The van der Waals surface area contributed by atoms with Gasteiger partial charge in [-0.3, -0.25) is 19.3 Å². The average molecular weight is 394 g/mol. The largest absolute Gasteiger partial charge is 0.451 e. The van der Waals surface area contributed by atoms with Crippen LogP contribution >= 0.6 is 11.6 Å². The first-order valence-electron chi connectivity index (χ1n) is 8.60. The molecule has 2 aliphatic rings. The van der Waals surface area contributed by atoms with Crippen molar-refractivity contribution in [1.82, 2.24) is 10.2 Å². The predicted molar refractivity (Wildman–Crippen MR) is 97.0 cm³/mol. The number of ether oxygens (including phenoxy) is 1. The van der Waals surface area contributed by atoms with Gasteiger partial charge in [0.2, 0.25) is 0 Å². The van der Waals surface area contributed by atoms with E-state index in [0.717, 1.165) is 17.7 Å². The first kappa shape index (κ1) is 19.2. The maximum Gasteiger partial charge on any atom is 0.327 e. The molecule has 0 spiro atoms. The van der Waals surface area contributed by atoms with Crippen molar-refractivity contribution >= 4 is 41.1 Å². The van der Waals surface area contributed by atoms with Gasteiger partial charge in [0.1, 0.15) is 12.1 Å². The number of imide groups is 1. The van der Waals surface area contributed by atoms with Crippen LogP contribution in [0, 0.1) is 5.92 Å². The Morgan fingerprint density at radius 2 is 1.96 bits per heavy atom. The van der Waals surface area contributed by atoms with Gasteiger partial charge in [-0.2, -0.15) is 0 Å². The molecule has 0 radical (unpaired) electrons. The quantitative estimate of drug-likeness (QED) is 0.567. The minimum absolute atomic E-state index is 0.0963. The maximum absolute atomic E-state index is 12.5. The van der Waals surface area contributed by atoms with Gasteiger partial charge in [-0.05, 0) is 56.9 Å². The van der Waals surface area contributed by atoms with E-state index in [4.69, 9.17) is 16.3 Å². The molecule has 2 atom stereocenters. The molecule has 1 saturated heterocycles. The van der Waals surface area contributed by atoms with Crippen LogP contribution in [0.25, 0.3) is 0 Å². The van der Waals surface area contributed by atoms with Gasteiger partial charge in [-0.1, -0.05) is 11.6 Å². The second-order valence-corrected chi connectivity index (χ2v) is 7.36. The number of carbonyl (C=O) groups excluding carboxylic acids is 4. The Hall–Kier alpha value is -2.61. The normalized spacial score (nSPS) is 23.0. The molecule has 4 amide bonds. The molecule has 2 fully saturated rings. The second-order valence-electron chi connectivity index (χ2n) is 6.93. The summed E-state index contributed by atoms with van der Waals surface area (Å²) in [5.74, 6) is -1.72. The lowest BCUT2D eigenvalue weighted by Gasteiger charge is -2.21. The molecule has 1 aliphatic carbocycles. The summed E-state index contributed by atoms with van der Waals surface area (Å²) < 4.78 is 5.06. The smallest absolute Gasteiger partial charge is 0.327 e. The van der Waals surface area contributed by atoms with Crippen molar-refractivity contribution in [2.24, 2.45) is 5.92 Å². The third kappa shape index (κ3) is 4.05. The first-order chi connectivity index (χ1) is 12.7. The highest BCUT2D eigenvalue weighted by molar-refractivity contribution is 6.30. The molecule has 144 valence electrons. The van der Waals surface area contributed by atoms with E-state index in [-0.39, 0.29) is 5.92 Å². The number of hydrogen-bond donors (Lipinski definition) is 2. The number of hydrogen-bond acceptors (Lipinski definition) is 5. The van der Waals surface area contributed by atoms with E-state index in [1.807, 2.05) is 0 Å². The number of rotatable bonds is 6. The molecule has 1 saturated carbocycles. The lowest BCUT2D eigenvalue weighted by molar-refractivity contribution is -0.155. The summed E-state index contributed by atoms with van der Waals surface area (Å²) in [5, 5.41) is 5.76. The maximum atomic E-state index is 12.5. The van der Waals surface area contributed by atoms with Gasteiger partial charge in [-0.15, -0.1) is 0 Å². The van der Waals surface area contributed by atoms with Crippen LogP contribution in [0.1, 0.15) is 26.7 Å². The third-order valence-electron chi connectivity index (χ3n) is 4.77. The lowest BCUT2D eigenvalue weighted by Crippen LogP contribution is -2.46.